The Labute approximate surface area is 130 Å². The van der Waals surface area contributed by atoms with Gasteiger partial charge in [-0.1, -0.05) is 23.1 Å². The zero-order valence-corrected chi connectivity index (χ0v) is 13.4. The van der Waals surface area contributed by atoms with E-state index in [-0.39, 0.29) is 11.6 Å². The predicted octanol–water partition coefficient (Wildman–Crippen LogP) is 3.67. The molecule has 0 saturated carbocycles. The van der Waals surface area contributed by atoms with Crippen LogP contribution in [0.25, 0.3) is 0 Å². The molecule has 2 aromatic rings. The molecule has 5 nitrogen and oxygen atoms in total. The van der Waals surface area contributed by atoms with Crippen molar-refractivity contribution < 1.29 is 14.3 Å². The van der Waals surface area contributed by atoms with Crippen LogP contribution in [0, 0.1) is 12.7 Å². The summed E-state index contributed by atoms with van der Waals surface area (Å²) in [6.07, 6.45) is 0. The lowest BCUT2D eigenvalue weighted by Crippen LogP contribution is -1.96. The van der Waals surface area contributed by atoms with Crippen LogP contribution < -0.4 is 5.32 Å². The van der Waals surface area contributed by atoms with E-state index in [1.54, 1.807) is 6.07 Å². The van der Waals surface area contributed by atoms with Gasteiger partial charge in [-0.05, 0) is 40.5 Å². The summed E-state index contributed by atoms with van der Waals surface area (Å²) in [6.45, 7) is 1.84. The number of carboxylic acid groups (broad SMARTS) is 1. The lowest BCUT2D eigenvalue weighted by Gasteiger charge is -2.07. The van der Waals surface area contributed by atoms with Gasteiger partial charge in [0.05, 0.1) is 10.2 Å². The first kappa shape index (κ1) is 15.2. The first-order valence-electron chi connectivity index (χ1n) is 5.36. The van der Waals surface area contributed by atoms with E-state index in [9.17, 15) is 9.18 Å². The molecule has 9 heteroatoms. The summed E-state index contributed by atoms with van der Waals surface area (Å²) in [5.74, 6) is -1.35. The fourth-order valence-electron chi connectivity index (χ4n) is 1.34. The van der Waals surface area contributed by atoms with Crippen molar-refractivity contribution in [3.8, 4) is 0 Å². The number of hydrogen-bond donors (Lipinski definition) is 2. The number of benzene rings is 1. The third kappa shape index (κ3) is 3.90. The highest BCUT2D eigenvalue weighted by molar-refractivity contribution is 9.10. The number of rotatable bonds is 5. The monoisotopic (exact) mass is 377 g/mol. The Bertz CT molecular complexity index is 651. The third-order valence-corrected chi connectivity index (χ3v) is 4.80. The van der Waals surface area contributed by atoms with E-state index in [1.807, 2.05) is 6.92 Å². The first-order chi connectivity index (χ1) is 9.45. The first-order valence-corrected chi connectivity index (χ1v) is 7.96. The van der Waals surface area contributed by atoms with Crippen LogP contribution in [0.5, 0.6) is 0 Å². The minimum absolute atomic E-state index is 0.0689. The van der Waals surface area contributed by atoms with Crippen molar-refractivity contribution in [3.05, 3.63) is 28.0 Å². The van der Waals surface area contributed by atoms with Crippen LogP contribution in [0.3, 0.4) is 0 Å². The maximum atomic E-state index is 13.5. The predicted molar refractivity (Wildman–Crippen MR) is 80.4 cm³/mol. The quantitative estimate of drug-likeness (QED) is 0.774. The summed E-state index contributed by atoms with van der Waals surface area (Å²) < 4.78 is 14.4. The van der Waals surface area contributed by atoms with E-state index < -0.39 is 5.97 Å². The number of halogens is 2. The molecule has 2 rings (SSSR count). The Morgan fingerprint density at radius 3 is 3.00 bits per heavy atom. The number of aliphatic carboxylic acids is 1. The molecule has 1 aromatic heterocycles. The zero-order chi connectivity index (χ0) is 14.7. The van der Waals surface area contributed by atoms with Gasteiger partial charge in [-0.15, -0.1) is 10.2 Å². The highest BCUT2D eigenvalue weighted by Gasteiger charge is 2.10. The molecule has 0 amide bonds. The van der Waals surface area contributed by atoms with Gasteiger partial charge < -0.3 is 10.4 Å². The average Bonchev–Trinajstić information content (AvgIpc) is 2.81. The smallest absolute Gasteiger partial charge is 0.313 e. The van der Waals surface area contributed by atoms with Crippen LogP contribution >= 0.6 is 39.0 Å². The fraction of sp³-hybridized carbons (Fsp3) is 0.182. The van der Waals surface area contributed by atoms with Crippen LogP contribution in [0.2, 0.25) is 0 Å². The van der Waals surface area contributed by atoms with E-state index in [2.05, 4.69) is 31.4 Å². The van der Waals surface area contributed by atoms with Gasteiger partial charge in [-0.25, -0.2) is 4.39 Å². The Kier molecular flexibility index (Phi) is 4.95. The molecule has 106 valence electrons. The number of anilines is 2. The molecule has 0 bridgehead atoms. The van der Waals surface area contributed by atoms with Gasteiger partial charge in [0.2, 0.25) is 5.13 Å². The summed E-state index contributed by atoms with van der Waals surface area (Å²) >= 11 is 5.43. The van der Waals surface area contributed by atoms with Crippen molar-refractivity contribution in [2.45, 2.75) is 11.3 Å². The Morgan fingerprint density at radius 1 is 1.55 bits per heavy atom. The minimum Gasteiger partial charge on any atom is -0.481 e. The Morgan fingerprint density at radius 2 is 2.30 bits per heavy atom. The molecule has 2 N–H and O–H groups in total. The zero-order valence-electron chi connectivity index (χ0n) is 10.2. The summed E-state index contributed by atoms with van der Waals surface area (Å²) in [5, 5.41) is 19.8. The lowest BCUT2D eigenvalue weighted by molar-refractivity contribution is -0.133. The van der Waals surface area contributed by atoms with Crippen molar-refractivity contribution in [1.29, 1.82) is 0 Å². The highest BCUT2D eigenvalue weighted by Crippen LogP contribution is 2.30. The molecule has 0 aliphatic rings. The molecule has 20 heavy (non-hydrogen) atoms. The molecule has 1 aromatic carbocycles. The van der Waals surface area contributed by atoms with E-state index in [0.717, 1.165) is 17.3 Å². The maximum Gasteiger partial charge on any atom is 0.313 e. The van der Waals surface area contributed by atoms with Gasteiger partial charge >= 0.3 is 5.97 Å². The molecule has 0 unspecified atom stereocenters. The number of nitrogens with zero attached hydrogens (tertiary/aromatic N) is 2. The number of hydrogen-bond acceptors (Lipinski definition) is 6. The lowest BCUT2D eigenvalue weighted by atomic mass is 10.2. The molecule has 0 atom stereocenters. The largest absolute Gasteiger partial charge is 0.481 e. The summed E-state index contributed by atoms with van der Waals surface area (Å²) in [5.41, 5.74) is 1.45. The Balaban J connectivity index is 2.10. The second-order valence-corrected chi connectivity index (χ2v) is 6.82. The van der Waals surface area contributed by atoms with Gasteiger partial charge in [0.15, 0.2) is 4.34 Å². The van der Waals surface area contributed by atoms with Crippen molar-refractivity contribution in [3.63, 3.8) is 0 Å². The van der Waals surface area contributed by atoms with Crippen molar-refractivity contribution >= 4 is 55.8 Å². The van der Waals surface area contributed by atoms with Gasteiger partial charge in [-0.3, -0.25) is 4.79 Å². The van der Waals surface area contributed by atoms with Gasteiger partial charge in [0, 0.05) is 5.69 Å². The number of carboxylic acids is 1. The number of aromatic nitrogens is 2. The molecule has 0 aliphatic heterocycles. The third-order valence-electron chi connectivity index (χ3n) is 2.23. The van der Waals surface area contributed by atoms with E-state index in [0.29, 0.717) is 19.6 Å². The van der Waals surface area contributed by atoms with Crippen LogP contribution in [-0.4, -0.2) is 27.0 Å². The van der Waals surface area contributed by atoms with E-state index in [4.69, 9.17) is 5.11 Å². The van der Waals surface area contributed by atoms with Crippen LogP contribution in [0.1, 0.15) is 5.56 Å². The number of nitrogens with one attached hydrogen (secondary N) is 1. The van der Waals surface area contributed by atoms with Crippen LogP contribution in [-0.2, 0) is 4.79 Å². The molecule has 0 aliphatic carbocycles. The highest BCUT2D eigenvalue weighted by atomic mass is 79.9. The molecular weight excluding hydrogens is 369 g/mol. The standard InChI is InChI=1S/C11H9BrFN3O2S2/c1-5-2-6(12)7(13)3-8(5)14-10-15-16-11(20-10)19-4-9(17)18/h2-3H,4H2,1H3,(H,14,15)(H,17,18). The minimum atomic E-state index is -0.912. The van der Waals surface area contributed by atoms with Crippen LogP contribution in [0.4, 0.5) is 15.2 Å². The molecule has 0 saturated heterocycles. The van der Waals surface area contributed by atoms with Gasteiger partial charge in [0.25, 0.3) is 0 Å². The normalized spacial score (nSPS) is 10.6. The van der Waals surface area contributed by atoms with E-state index in [1.165, 1.54) is 17.4 Å². The van der Waals surface area contributed by atoms with Crippen LogP contribution in [0.15, 0.2) is 20.9 Å². The SMILES string of the molecule is Cc1cc(Br)c(F)cc1Nc1nnc(SCC(=O)O)s1. The molecule has 0 radical (unpaired) electrons. The molecule has 0 fully saturated rings. The Hall–Kier alpha value is -1.19. The summed E-state index contributed by atoms with van der Waals surface area (Å²) in [7, 11) is 0. The number of thioether (sulfide) groups is 1. The van der Waals surface area contributed by atoms with Crippen molar-refractivity contribution in [1.82, 2.24) is 10.2 Å². The second-order valence-electron chi connectivity index (χ2n) is 3.76. The maximum absolute atomic E-state index is 13.5. The molecule has 0 spiro atoms. The van der Waals surface area contributed by atoms with Crippen molar-refractivity contribution in [2.24, 2.45) is 0 Å². The molecule has 1 heterocycles. The van der Waals surface area contributed by atoms with E-state index >= 15 is 0 Å². The average molecular weight is 378 g/mol. The fourth-order valence-corrected chi connectivity index (χ4v) is 3.28. The number of aryl methyl sites for hydroxylation is 1. The molecular formula is C11H9BrFN3O2S2. The summed E-state index contributed by atoms with van der Waals surface area (Å²) in [6, 6.07) is 3.03. The summed E-state index contributed by atoms with van der Waals surface area (Å²) in [4.78, 5) is 10.5. The second kappa shape index (κ2) is 6.51. The van der Waals surface area contributed by atoms with Gasteiger partial charge in [-0.2, -0.15) is 0 Å². The van der Waals surface area contributed by atoms with Gasteiger partial charge in [0.1, 0.15) is 5.82 Å². The van der Waals surface area contributed by atoms with Crippen molar-refractivity contribution in [2.75, 3.05) is 11.1 Å². The number of carbonyl (C=O) groups is 1. The topological polar surface area (TPSA) is 75.1 Å².